The number of carbonyl (C=O) groups is 1. The number of hydrogen-bond donors (Lipinski definition) is 2. The third kappa shape index (κ3) is 3.08. The molecule has 0 saturated carbocycles. The Morgan fingerprint density at radius 1 is 1.28 bits per heavy atom. The van der Waals surface area contributed by atoms with Crippen LogP contribution in [0.3, 0.4) is 0 Å². The third-order valence-corrected chi connectivity index (χ3v) is 4.15. The molecule has 2 N–H and O–H groups in total. The Morgan fingerprint density at radius 2 is 2.04 bits per heavy atom. The Morgan fingerprint density at radius 3 is 2.68 bits per heavy atom. The minimum atomic E-state index is -0.776. The van der Waals surface area contributed by atoms with Gasteiger partial charge >= 0.3 is 0 Å². The van der Waals surface area contributed by atoms with Gasteiger partial charge in [-0.1, -0.05) is 6.07 Å². The number of nitrogens with one attached hydrogen (secondary N) is 1. The molecule has 0 atom stereocenters. The molecule has 0 radical (unpaired) electrons. The Balaban J connectivity index is 2.31. The first-order chi connectivity index (χ1) is 11.8. The van der Waals surface area contributed by atoms with Crippen molar-refractivity contribution in [1.29, 1.82) is 0 Å². The Hall–Kier alpha value is -2.86. The molecule has 6 heteroatoms. The fourth-order valence-electron chi connectivity index (χ4n) is 3.02. The van der Waals surface area contributed by atoms with Crippen molar-refractivity contribution in [2.45, 2.75) is 26.4 Å². The number of rotatable bonds is 3. The van der Waals surface area contributed by atoms with Crippen LogP contribution >= 0.6 is 0 Å². The number of nitrogens with zero attached hydrogens (tertiary/aromatic N) is 1. The number of ether oxygens (including phenoxy) is 1. The van der Waals surface area contributed by atoms with Gasteiger partial charge in [-0.05, 0) is 38.1 Å². The van der Waals surface area contributed by atoms with E-state index in [1.807, 2.05) is 13.8 Å². The van der Waals surface area contributed by atoms with E-state index in [4.69, 9.17) is 4.74 Å². The summed E-state index contributed by atoms with van der Waals surface area (Å²) >= 11 is 0. The standard InChI is InChI=1S/C19H20N2O4/c1-12(23)20-13-7-8-16-14(10-13)18(15(11-22)19(2,3)25-16)21-9-5-4-6-17(21)24/h4-10,22H,11H2,1-3H3,(H,20,23). The Kier molecular flexibility index (Phi) is 4.22. The summed E-state index contributed by atoms with van der Waals surface area (Å²) in [5.74, 6) is 0.392. The smallest absolute Gasteiger partial charge is 0.255 e. The van der Waals surface area contributed by atoms with E-state index in [0.717, 1.165) is 0 Å². The van der Waals surface area contributed by atoms with E-state index in [1.165, 1.54) is 17.6 Å². The third-order valence-electron chi connectivity index (χ3n) is 4.15. The topological polar surface area (TPSA) is 80.6 Å². The van der Waals surface area contributed by atoms with Crippen molar-refractivity contribution in [3.05, 3.63) is 64.1 Å². The van der Waals surface area contributed by atoms with Gasteiger partial charge in [0.15, 0.2) is 0 Å². The predicted molar refractivity (Wildman–Crippen MR) is 95.6 cm³/mol. The summed E-state index contributed by atoms with van der Waals surface area (Å²) in [4.78, 5) is 23.8. The number of fused-ring (bicyclic) bond motifs is 1. The largest absolute Gasteiger partial charge is 0.483 e. The van der Waals surface area contributed by atoms with Crippen LogP contribution in [0, 0.1) is 0 Å². The van der Waals surface area contributed by atoms with E-state index in [0.29, 0.717) is 28.3 Å². The zero-order valence-electron chi connectivity index (χ0n) is 14.4. The summed E-state index contributed by atoms with van der Waals surface area (Å²) in [6, 6.07) is 10.1. The maximum Gasteiger partial charge on any atom is 0.255 e. The highest BCUT2D eigenvalue weighted by Crippen LogP contribution is 2.41. The number of amides is 1. The lowest BCUT2D eigenvalue weighted by Crippen LogP contribution is -2.38. The van der Waals surface area contributed by atoms with Crippen LogP contribution in [0.25, 0.3) is 5.70 Å². The molecule has 0 saturated heterocycles. The fraction of sp³-hybridized carbons (Fsp3) is 0.263. The second-order valence-electron chi connectivity index (χ2n) is 6.40. The summed E-state index contributed by atoms with van der Waals surface area (Å²) in [6.07, 6.45) is 1.66. The van der Waals surface area contributed by atoms with Gasteiger partial charge in [0.25, 0.3) is 5.56 Å². The molecular formula is C19H20N2O4. The molecular weight excluding hydrogens is 320 g/mol. The lowest BCUT2D eigenvalue weighted by molar-refractivity contribution is -0.114. The number of aliphatic hydroxyl groups is 1. The molecule has 2 aromatic rings. The quantitative estimate of drug-likeness (QED) is 0.898. The number of hydrogen-bond acceptors (Lipinski definition) is 4. The lowest BCUT2D eigenvalue weighted by Gasteiger charge is -2.36. The van der Waals surface area contributed by atoms with Crippen LogP contribution in [0.5, 0.6) is 5.75 Å². The van der Waals surface area contributed by atoms with E-state index >= 15 is 0 Å². The van der Waals surface area contributed by atoms with E-state index in [1.54, 1.807) is 36.5 Å². The highest BCUT2D eigenvalue weighted by molar-refractivity contribution is 5.90. The summed E-state index contributed by atoms with van der Waals surface area (Å²) < 4.78 is 7.52. The molecule has 1 aliphatic rings. The molecule has 130 valence electrons. The Labute approximate surface area is 145 Å². The van der Waals surface area contributed by atoms with Crippen LogP contribution in [0.1, 0.15) is 26.3 Å². The molecule has 1 aliphatic heterocycles. The molecule has 0 aliphatic carbocycles. The molecule has 1 aromatic carbocycles. The molecule has 0 unspecified atom stereocenters. The second-order valence-corrected chi connectivity index (χ2v) is 6.40. The van der Waals surface area contributed by atoms with Crippen molar-refractivity contribution < 1.29 is 14.6 Å². The maximum atomic E-state index is 12.4. The van der Waals surface area contributed by atoms with Gasteiger partial charge < -0.3 is 15.2 Å². The van der Waals surface area contributed by atoms with Crippen LogP contribution < -0.4 is 15.6 Å². The van der Waals surface area contributed by atoms with Crippen LogP contribution in [-0.2, 0) is 4.79 Å². The number of anilines is 1. The zero-order chi connectivity index (χ0) is 18.2. The zero-order valence-corrected chi connectivity index (χ0v) is 14.4. The molecule has 0 fully saturated rings. The van der Waals surface area contributed by atoms with Crippen molar-refractivity contribution in [1.82, 2.24) is 4.57 Å². The van der Waals surface area contributed by atoms with Gasteiger partial charge in [-0.25, -0.2) is 0 Å². The lowest BCUT2D eigenvalue weighted by atomic mass is 9.89. The van der Waals surface area contributed by atoms with Gasteiger partial charge in [-0.15, -0.1) is 0 Å². The van der Waals surface area contributed by atoms with Gasteiger partial charge in [0.2, 0.25) is 5.91 Å². The summed E-state index contributed by atoms with van der Waals surface area (Å²) in [5.41, 5.74) is 1.41. The molecule has 0 spiro atoms. The van der Waals surface area contributed by atoms with E-state index in [9.17, 15) is 14.7 Å². The summed E-state index contributed by atoms with van der Waals surface area (Å²) in [7, 11) is 0. The van der Waals surface area contributed by atoms with Gasteiger partial charge in [-0.2, -0.15) is 0 Å². The molecule has 3 rings (SSSR count). The molecule has 1 amide bonds. The van der Waals surface area contributed by atoms with Crippen molar-refractivity contribution in [2.75, 3.05) is 11.9 Å². The normalized spacial score (nSPS) is 15.4. The van der Waals surface area contributed by atoms with E-state index < -0.39 is 5.60 Å². The fourth-order valence-corrected chi connectivity index (χ4v) is 3.02. The monoisotopic (exact) mass is 340 g/mol. The first-order valence-electron chi connectivity index (χ1n) is 7.97. The average molecular weight is 340 g/mol. The minimum Gasteiger partial charge on any atom is -0.483 e. The summed E-state index contributed by atoms with van der Waals surface area (Å²) in [5, 5.41) is 12.7. The number of benzene rings is 1. The SMILES string of the molecule is CC(=O)Nc1ccc2c(c1)C(n1ccccc1=O)=C(CO)C(C)(C)O2. The highest BCUT2D eigenvalue weighted by Gasteiger charge is 2.35. The number of carbonyl (C=O) groups excluding carboxylic acids is 1. The highest BCUT2D eigenvalue weighted by atomic mass is 16.5. The molecule has 2 heterocycles. The van der Waals surface area contributed by atoms with Crippen LogP contribution in [-0.4, -0.2) is 27.8 Å². The maximum absolute atomic E-state index is 12.4. The number of pyridine rings is 1. The van der Waals surface area contributed by atoms with Gasteiger partial charge in [0.05, 0.1) is 12.3 Å². The first kappa shape index (κ1) is 17.0. The van der Waals surface area contributed by atoms with Crippen LogP contribution in [0.4, 0.5) is 5.69 Å². The Bertz CT molecular complexity index is 925. The molecule has 6 nitrogen and oxygen atoms in total. The van der Waals surface area contributed by atoms with E-state index in [-0.39, 0.29) is 18.1 Å². The van der Waals surface area contributed by atoms with Crippen LogP contribution in [0.2, 0.25) is 0 Å². The molecule has 0 bridgehead atoms. The average Bonchev–Trinajstić information content (AvgIpc) is 2.53. The van der Waals surface area contributed by atoms with Gasteiger partial charge in [0, 0.05) is 36.0 Å². The predicted octanol–water partition coefficient (Wildman–Crippen LogP) is 2.23. The van der Waals surface area contributed by atoms with Crippen molar-refractivity contribution in [3.8, 4) is 5.75 Å². The second kappa shape index (κ2) is 6.22. The first-order valence-corrected chi connectivity index (χ1v) is 7.97. The van der Waals surface area contributed by atoms with Gasteiger partial charge in [0.1, 0.15) is 11.4 Å². The molecule has 25 heavy (non-hydrogen) atoms. The van der Waals surface area contributed by atoms with Crippen LogP contribution in [0.15, 0.2) is 53.0 Å². The number of aromatic nitrogens is 1. The van der Waals surface area contributed by atoms with Crippen molar-refractivity contribution in [2.24, 2.45) is 0 Å². The van der Waals surface area contributed by atoms with Gasteiger partial charge in [-0.3, -0.25) is 14.2 Å². The summed E-state index contributed by atoms with van der Waals surface area (Å²) in [6.45, 7) is 4.86. The number of aliphatic hydroxyl groups excluding tert-OH is 1. The molecule has 1 aromatic heterocycles. The van der Waals surface area contributed by atoms with Crippen molar-refractivity contribution in [3.63, 3.8) is 0 Å². The van der Waals surface area contributed by atoms with Crippen molar-refractivity contribution >= 4 is 17.3 Å². The minimum absolute atomic E-state index is 0.193. The van der Waals surface area contributed by atoms with E-state index in [2.05, 4.69) is 5.32 Å².